The third-order valence-corrected chi connectivity index (χ3v) is 2.57. The van der Waals surface area contributed by atoms with Crippen molar-refractivity contribution in [3.63, 3.8) is 0 Å². The molecule has 0 aliphatic carbocycles. The van der Waals surface area contributed by atoms with E-state index in [9.17, 15) is 4.79 Å². The first-order valence-corrected chi connectivity index (χ1v) is 5.18. The van der Waals surface area contributed by atoms with Crippen LogP contribution in [-0.2, 0) is 6.42 Å². The highest BCUT2D eigenvalue weighted by atomic mass is 32.1. The number of carbonyl (C=O) groups is 1. The molecule has 6 nitrogen and oxygen atoms in total. The quantitative estimate of drug-likeness (QED) is 0.518. The number of guanidine groups is 1. The van der Waals surface area contributed by atoms with Crippen molar-refractivity contribution in [2.75, 3.05) is 0 Å². The summed E-state index contributed by atoms with van der Waals surface area (Å²) in [6, 6.07) is 0. The van der Waals surface area contributed by atoms with E-state index in [1.54, 1.807) is 0 Å². The molecule has 1 heterocycles. The summed E-state index contributed by atoms with van der Waals surface area (Å²) in [6.07, 6.45) is 1.43. The van der Waals surface area contributed by atoms with Crippen molar-refractivity contribution in [2.24, 2.45) is 16.5 Å². The Hall–Kier alpha value is -1.63. The molecule has 0 radical (unpaired) electrons. The van der Waals surface area contributed by atoms with Crippen molar-refractivity contribution in [1.82, 2.24) is 4.98 Å². The lowest BCUT2D eigenvalue weighted by molar-refractivity contribution is 0.0700. The van der Waals surface area contributed by atoms with Gasteiger partial charge in [0.05, 0.1) is 5.69 Å². The van der Waals surface area contributed by atoms with Gasteiger partial charge in [-0.25, -0.2) is 9.78 Å². The fraction of sp³-hybridized carbons (Fsp3) is 0.375. The number of nitrogens with zero attached hydrogens (tertiary/aromatic N) is 2. The molecule has 5 N–H and O–H groups in total. The minimum absolute atomic E-state index is 0.122. The summed E-state index contributed by atoms with van der Waals surface area (Å²) in [4.78, 5) is 18.8. The molecule has 0 saturated carbocycles. The van der Waals surface area contributed by atoms with Gasteiger partial charge in [-0.3, -0.25) is 0 Å². The van der Waals surface area contributed by atoms with E-state index in [0.29, 0.717) is 12.1 Å². The van der Waals surface area contributed by atoms with Crippen LogP contribution in [0.2, 0.25) is 0 Å². The summed E-state index contributed by atoms with van der Waals surface area (Å²) in [5, 5.41) is 9.19. The lowest BCUT2D eigenvalue weighted by atomic mass is 10.2. The Balaban J connectivity index is 3.09. The zero-order chi connectivity index (χ0) is 11.4. The molecule has 0 aliphatic heterocycles. The number of aliphatic imine (C=N–C) groups is 1. The largest absolute Gasteiger partial charge is 0.477 e. The molecule has 1 rings (SSSR count). The van der Waals surface area contributed by atoms with Crippen molar-refractivity contribution in [3.8, 4) is 0 Å². The summed E-state index contributed by atoms with van der Waals surface area (Å²) in [6.45, 7) is 1.95. The first kappa shape index (κ1) is 11.4. The number of aromatic nitrogens is 1. The fourth-order valence-corrected chi connectivity index (χ4v) is 1.91. The number of rotatable bonds is 4. The first-order valence-electron chi connectivity index (χ1n) is 4.37. The molecule has 0 aromatic carbocycles. The summed E-state index contributed by atoms with van der Waals surface area (Å²) in [5.41, 5.74) is 10.9. The smallest absolute Gasteiger partial charge is 0.347 e. The maximum atomic E-state index is 10.9. The summed E-state index contributed by atoms with van der Waals surface area (Å²) < 4.78 is 0. The maximum absolute atomic E-state index is 10.9. The number of hydrogen-bond donors (Lipinski definition) is 3. The van der Waals surface area contributed by atoms with Gasteiger partial charge in [-0.05, 0) is 6.42 Å². The SMILES string of the molecule is CCCc1nc(N=C(N)N)sc1C(=O)O. The number of carboxylic acids is 1. The second kappa shape index (κ2) is 4.74. The van der Waals surface area contributed by atoms with E-state index in [-0.39, 0.29) is 16.0 Å². The molecule has 7 heteroatoms. The molecule has 0 aliphatic rings. The number of carboxylic acid groups (broad SMARTS) is 1. The van der Waals surface area contributed by atoms with E-state index in [1.807, 2.05) is 6.92 Å². The minimum atomic E-state index is -0.993. The predicted octanol–water partition coefficient (Wildman–Crippen LogP) is 0.699. The highest BCUT2D eigenvalue weighted by Gasteiger charge is 2.16. The van der Waals surface area contributed by atoms with Crippen LogP contribution in [0.15, 0.2) is 4.99 Å². The number of aryl methyl sites for hydroxylation is 1. The van der Waals surface area contributed by atoms with Crippen molar-refractivity contribution >= 4 is 28.4 Å². The molecule has 0 atom stereocenters. The lowest BCUT2D eigenvalue weighted by Gasteiger charge is -1.92. The van der Waals surface area contributed by atoms with Crippen molar-refractivity contribution in [2.45, 2.75) is 19.8 Å². The normalized spacial score (nSPS) is 9.93. The van der Waals surface area contributed by atoms with Crippen LogP contribution >= 0.6 is 11.3 Å². The van der Waals surface area contributed by atoms with E-state index in [2.05, 4.69) is 9.98 Å². The molecule has 0 fully saturated rings. The van der Waals surface area contributed by atoms with Crippen LogP contribution in [0.4, 0.5) is 5.13 Å². The Bertz CT molecular complexity index is 395. The summed E-state index contributed by atoms with van der Waals surface area (Å²) >= 11 is 0.978. The van der Waals surface area contributed by atoms with Gasteiger partial charge in [-0.2, -0.15) is 4.99 Å². The van der Waals surface area contributed by atoms with Crippen molar-refractivity contribution in [3.05, 3.63) is 10.6 Å². The molecule has 1 aromatic rings. The number of thiazole rings is 1. The van der Waals surface area contributed by atoms with Gasteiger partial charge >= 0.3 is 5.97 Å². The zero-order valence-corrected chi connectivity index (χ0v) is 9.04. The van der Waals surface area contributed by atoms with Crippen LogP contribution in [0.1, 0.15) is 28.7 Å². The van der Waals surface area contributed by atoms with Gasteiger partial charge in [0.1, 0.15) is 4.88 Å². The minimum Gasteiger partial charge on any atom is -0.477 e. The summed E-state index contributed by atoms with van der Waals surface area (Å²) in [5.74, 6) is -1.11. The van der Waals surface area contributed by atoms with Crippen LogP contribution < -0.4 is 11.5 Å². The average Bonchev–Trinajstić information content (AvgIpc) is 2.47. The first-order chi connectivity index (χ1) is 7.04. The molecule has 82 valence electrons. The molecular formula is C8H12N4O2S. The Morgan fingerprint density at radius 1 is 1.60 bits per heavy atom. The third-order valence-electron chi connectivity index (χ3n) is 1.59. The number of aromatic carboxylic acids is 1. The molecular weight excluding hydrogens is 216 g/mol. The van der Waals surface area contributed by atoms with Crippen LogP contribution in [0.3, 0.4) is 0 Å². The van der Waals surface area contributed by atoms with Gasteiger partial charge in [0.15, 0.2) is 5.96 Å². The number of nitrogens with two attached hydrogens (primary N) is 2. The third kappa shape index (κ3) is 2.91. The summed E-state index contributed by atoms with van der Waals surface area (Å²) in [7, 11) is 0. The second-order valence-electron chi connectivity index (χ2n) is 2.86. The van der Waals surface area contributed by atoms with E-state index in [0.717, 1.165) is 17.8 Å². The van der Waals surface area contributed by atoms with Crippen LogP contribution in [0, 0.1) is 0 Å². The van der Waals surface area contributed by atoms with Gasteiger partial charge in [-0.15, -0.1) is 0 Å². The van der Waals surface area contributed by atoms with Gasteiger partial charge in [0.2, 0.25) is 5.13 Å². The second-order valence-corrected chi connectivity index (χ2v) is 3.84. The highest BCUT2D eigenvalue weighted by molar-refractivity contribution is 7.17. The maximum Gasteiger partial charge on any atom is 0.347 e. The topological polar surface area (TPSA) is 115 Å². The molecule has 0 bridgehead atoms. The lowest BCUT2D eigenvalue weighted by Crippen LogP contribution is -2.21. The number of hydrogen-bond acceptors (Lipinski definition) is 4. The predicted molar refractivity (Wildman–Crippen MR) is 58.5 cm³/mol. The zero-order valence-electron chi connectivity index (χ0n) is 8.23. The molecule has 0 saturated heterocycles. The van der Waals surface area contributed by atoms with E-state index < -0.39 is 5.97 Å². The van der Waals surface area contributed by atoms with Gasteiger partial charge < -0.3 is 16.6 Å². The van der Waals surface area contributed by atoms with Crippen molar-refractivity contribution in [1.29, 1.82) is 0 Å². The van der Waals surface area contributed by atoms with Gasteiger partial charge in [0.25, 0.3) is 0 Å². The molecule has 15 heavy (non-hydrogen) atoms. The van der Waals surface area contributed by atoms with Crippen LogP contribution in [0.25, 0.3) is 0 Å². The molecule has 1 aromatic heterocycles. The van der Waals surface area contributed by atoms with E-state index in [1.165, 1.54) is 0 Å². The van der Waals surface area contributed by atoms with Crippen molar-refractivity contribution < 1.29 is 9.90 Å². The average molecular weight is 228 g/mol. The Morgan fingerprint density at radius 2 is 2.27 bits per heavy atom. The van der Waals surface area contributed by atoms with E-state index >= 15 is 0 Å². The monoisotopic (exact) mass is 228 g/mol. The Morgan fingerprint density at radius 3 is 2.73 bits per heavy atom. The fourth-order valence-electron chi connectivity index (χ4n) is 1.07. The highest BCUT2D eigenvalue weighted by Crippen LogP contribution is 2.26. The molecule has 0 unspecified atom stereocenters. The van der Waals surface area contributed by atoms with Gasteiger partial charge in [-0.1, -0.05) is 24.7 Å². The Labute approximate surface area is 90.6 Å². The van der Waals surface area contributed by atoms with Crippen LogP contribution in [-0.4, -0.2) is 22.0 Å². The molecule has 0 spiro atoms. The Kier molecular flexibility index (Phi) is 3.62. The van der Waals surface area contributed by atoms with E-state index in [4.69, 9.17) is 16.6 Å². The standard InChI is InChI=1S/C8H12N4O2S/c1-2-3-4-5(6(13)14)15-8(11-4)12-7(9)10/h2-3H2,1H3,(H,13,14)(H4,9,10,11,12). The van der Waals surface area contributed by atoms with Crippen LogP contribution in [0.5, 0.6) is 0 Å². The van der Waals surface area contributed by atoms with Gasteiger partial charge in [0, 0.05) is 0 Å². The molecule has 0 amide bonds.